The van der Waals surface area contributed by atoms with Gasteiger partial charge in [0, 0.05) is 23.7 Å². The molecule has 0 saturated heterocycles. The molecule has 1 N–H and O–H groups in total. The van der Waals surface area contributed by atoms with Gasteiger partial charge in [-0.1, -0.05) is 41.4 Å². The Kier molecular flexibility index (Phi) is 5.86. The summed E-state index contributed by atoms with van der Waals surface area (Å²) >= 11 is 3.49. The maximum atomic E-state index is 5.28. The molecule has 106 valence electrons. The number of benzene rings is 1. The average molecular weight is 326 g/mol. The lowest BCUT2D eigenvalue weighted by atomic mass is 9.75. The molecule has 0 aromatic heterocycles. The minimum atomic E-state index is 0.519. The van der Waals surface area contributed by atoms with Crippen LogP contribution in [0.3, 0.4) is 0 Å². The molecule has 1 fully saturated rings. The molecule has 2 nitrogen and oxygen atoms in total. The van der Waals surface area contributed by atoms with Crippen LogP contribution in [0.4, 0.5) is 0 Å². The van der Waals surface area contributed by atoms with Crippen LogP contribution in [0, 0.1) is 0 Å². The van der Waals surface area contributed by atoms with Crippen molar-refractivity contribution in [3.8, 4) is 0 Å². The summed E-state index contributed by atoms with van der Waals surface area (Å²) < 4.78 is 6.44. The van der Waals surface area contributed by atoms with Gasteiger partial charge >= 0.3 is 0 Å². The second-order valence-corrected chi connectivity index (χ2v) is 6.44. The Morgan fingerprint density at radius 2 is 2.00 bits per heavy atom. The molecule has 1 aliphatic carbocycles. The molecule has 0 spiro atoms. The fraction of sp³-hybridized carbons (Fsp3) is 0.625. The summed E-state index contributed by atoms with van der Waals surface area (Å²) in [5.41, 5.74) is 1.47. The minimum absolute atomic E-state index is 0.519. The number of rotatable bonds is 7. The standard InChI is InChI=1S/C16H24BrNO/c1-3-4-15(11-19-2)18-16-9-13(10-16)12-5-7-14(17)8-6-12/h5-8,13,15-16,18H,3-4,9-11H2,1-2H3. The summed E-state index contributed by atoms with van der Waals surface area (Å²) in [7, 11) is 1.79. The van der Waals surface area contributed by atoms with Crippen LogP contribution >= 0.6 is 15.9 Å². The zero-order valence-electron chi connectivity index (χ0n) is 11.9. The average Bonchev–Trinajstić information content (AvgIpc) is 2.35. The Morgan fingerprint density at radius 3 is 2.58 bits per heavy atom. The number of ether oxygens (including phenoxy) is 1. The zero-order chi connectivity index (χ0) is 13.7. The number of methoxy groups -OCH3 is 1. The Labute approximate surface area is 125 Å². The minimum Gasteiger partial charge on any atom is -0.383 e. The van der Waals surface area contributed by atoms with E-state index in [1.165, 1.54) is 31.2 Å². The third-order valence-corrected chi connectivity index (χ3v) is 4.48. The highest BCUT2D eigenvalue weighted by Gasteiger charge is 2.31. The van der Waals surface area contributed by atoms with E-state index in [-0.39, 0.29) is 0 Å². The van der Waals surface area contributed by atoms with Crippen LogP contribution in [-0.2, 0) is 4.74 Å². The fourth-order valence-corrected chi connectivity index (χ4v) is 3.12. The van der Waals surface area contributed by atoms with Crippen molar-refractivity contribution < 1.29 is 4.74 Å². The fourth-order valence-electron chi connectivity index (χ4n) is 2.86. The first-order valence-corrected chi connectivity index (χ1v) is 8.02. The van der Waals surface area contributed by atoms with Crippen LogP contribution in [-0.4, -0.2) is 25.8 Å². The largest absolute Gasteiger partial charge is 0.383 e. The highest BCUT2D eigenvalue weighted by atomic mass is 79.9. The van der Waals surface area contributed by atoms with Gasteiger partial charge in [-0.3, -0.25) is 0 Å². The zero-order valence-corrected chi connectivity index (χ0v) is 13.4. The summed E-state index contributed by atoms with van der Waals surface area (Å²) in [5.74, 6) is 0.732. The number of hydrogen-bond acceptors (Lipinski definition) is 2. The molecule has 2 rings (SSSR count). The molecule has 0 aliphatic heterocycles. The molecule has 1 aromatic carbocycles. The lowest BCUT2D eigenvalue weighted by molar-refractivity contribution is 0.141. The van der Waals surface area contributed by atoms with Crippen LogP contribution in [0.15, 0.2) is 28.7 Å². The van der Waals surface area contributed by atoms with Gasteiger partial charge in [0.25, 0.3) is 0 Å². The molecule has 1 atom stereocenters. The van der Waals surface area contributed by atoms with Gasteiger partial charge in [0.1, 0.15) is 0 Å². The monoisotopic (exact) mass is 325 g/mol. The molecule has 19 heavy (non-hydrogen) atoms. The molecule has 1 saturated carbocycles. The quantitative estimate of drug-likeness (QED) is 0.814. The van der Waals surface area contributed by atoms with Gasteiger partial charge in [-0.25, -0.2) is 0 Å². The van der Waals surface area contributed by atoms with E-state index >= 15 is 0 Å². The van der Waals surface area contributed by atoms with E-state index in [4.69, 9.17) is 4.74 Å². The molecular weight excluding hydrogens is 302 g/mol. The van der Waals surface area contributed by atoms with Gasteiger partial charge in [0.05, 0.1) is 6.61 Å². The maximum absolute atomic E-state index is 5.28. The van der Waals surface area contributed by atoms with Crippen molar-refractivity contribution in [3.05, 3.63) is 34.3 Å². The van der Waals surface area contributed by atoms with Crippen molar-refractivity contribution in [3.63, 3.8) is 0 Å². The van der Waals surface area contributed by atoms with E-state index in [0.29, 0.717) is 12.1 Å². The molecule has 0 heterocycles. The predicted octanol–water partition coefficient (Wildman–Crippen LogP) is 4.10. The van der Waals surface area contributed by atoms with E-state index < -0.39 is 0 Å². The van der Waals surface area contributed by atoms with Gasteiger partial charge in [-0.15, -0.1) is 0 Å². The summed E-state index contributed by atoms with van der Waals surface area (Å²) in [6, 6.07) is 9.95. The first kappa shape index (κ1) is 15.0. The number of halogens is 1. The van der Waals surface area contributed by atoms with Crippen molar-refractivity contribution in [1.82, 2.24) is 5.32 Å². The molecule has 1 aliphatic rings. The summed E-state index contributed by atoms with van der Waals surface area (Å²) in [6.07, 6.45) is 4.92. The van der Waals surface area contributed by atoms with E-state index in [0.717, 1.165) is 17.0 Å². The maximum Gasteiger partial charge on any atom is 0.0615 e. The molecule has 0 bridgehead atoms. The predicted molar refractivity (Wildman–Crippen MR) is 83.6 cm³/mol. The van der Waals surface area contributed by atoms with Gasteiger partial charge in [-0.2, -0.15) is 0 Å². The second kappa shape index (κ2) is 7.41. The van der Waals surface area contributed by atoms with E-state index in [1.54, 1.807) is 7.11 Å². The van der Waals surface area contributed by atoms with Crippen LogP contribution in [0.2, 0.25) is 0 Å². The summed E-state index contributed by atoms with van der Waals surface area (Å²) in [6.45, 7) is 3.06. The first-order valence-electron chi connectivity index (χ1n) is 7.23. The van der Waals surface area contributed by atoms with Gasteiger partial charge < -0.3 is 10.1 Å². The van der Waals surface area contributed by atoms with Crippen molar-refractivity contribution >= 4 is 15.9 Å². The van der Waals surface area contributed by atoms with Crippen molar-refractivity contribution in [2.45, 2.75) is 50.6 Å². The van der Waals surface area contributed by atoms with Gasteiger partial charge in [0.15, 0.2) is 0 Å². The highest BCUT2D eigenvalue weighted by Crippen LogP contribution is 2.37. The Bertz CT molecular complexity index is 367. The first-order chi connectivity index (χ1) is 9.22. The SMILES string of the molecule is CCCC(COC)NC1CC(c2ccc(Br)cc2)C1. The van der Waals surface area contributed by atoms with Gasteiger partial charge in [0.2, 0.25) is 0 Å². The molecule has 0 radical (unpaired) electrons. The molecule has 1 unspecified atom stereocenters. The molecular formula is C16H24BrNO. The van der Waals surface area contributed by atoms with Crippen LogP contribution in [0.5, 0.6) is 0 Å². The lowest BCUT2D eigenvalue weighted by Crippen LogP contribution is -2.47. The smallest absolute Gasteiger partial charge is 0.0615 e. The Balaban J connectivity index is 1.77. The van der Waals surface area contributed by atoms with Crippen LogP contribution in [0.25, 0.3) is 0 Å². The molecule has 3 heteroatoms. The normalized spacial score (nSPS) is 23.9. The topological polar surface area (TPSA) is 21.3 Å². The lowest BCUT2D eigenvalue weighted by Gasteiger charge is -2.38. The third kappa shape index (κ3) is 4.30. The molecule has 0 amide bonds. The van der Waals surface area contributed by atoms with Gasteiger partial charge in [-0.05, 0) is 42.9 Å². The third-order valence-electron chi connectivity index (χ3n) is 3.96. The summed E-state index contributed by atoms with van der Waals surface area (Å²) in [4.78, 5) is 0. The van der Waals surface area contributed by atoms with Crippen LogP contribution in [0.1, 0.15) is 44.1 Å². The van der Waals surface area contributed by atoms with Crippen LogP contribution < -0.4 is 5.32 Å². The second-order valence-electron chi connectivity index (χ2n) is 5.52. The highest BCUT2D eigenvalue weighted by molar-refractivity contribution is 9.10. The van der Waals surface area contributed by atoms with E-state index in [1.807, 2.05) is 0 Å². The summed E-state index contributed by atoms with van der Waals surface area (Å²) in [5, 5.41) is 3.73. The van der Waals surface area contributed by atoms with Crippen molar-refractivity contribution in [2.75, 3.05) is 13.7 Å². The Morgan fingerprint density at radius 1 is 1.32 bits per heavy atom. The van der Waals surface area contributed by atoms with E-state index in [2.05, 4.69) is 52.4 Å². The number of nitrogens with one attached hydrogen (secondary N) is 1. The van der Waals surface area contributed by atoms with Crippen molar-refractivity contribution in [1.29, 1.82) is 0 Å². The van der Waals surface area contributed by atoms with E-state index in [9.17, 15) is 0 Å². The van der Waals surface area contributed by atoms with Crippen molar-refractivity contribution in [2.24, 2.45) is 0 Å². The Hall–Kier alpha value is -0.380. The molecule has 1 aromatic rings. The number of hydrogen-bond donors (Lipinski definition) is 1.